The lowest BCUT2D eigenvalue weighted by molar-refractivity contribution is 0.0192. The zero-order chi connectivity index (χ0) is 9.72. The van der Waals surface area contributed by atoms with Gasteiger partial charge in [0.15, 0.2) is 0 Å². The lowest BCUT2D eigenvalue weighted by atomic mass is 10.7. The van der Waals surface area contributed by atoms with E-state index in [1.807, 2.05) is 0 Å². The number of ether oxygens (including phenoxy) is 2. The first-order valence-corrected chi connectivity index (χ1v) is 3.38. The van der Waals surface area contributed by atoms with E-state index in [2.05, 4.69) is 9.47 Å². The van der Waals surface area contributed by atoms with Gasteiger partial charge in [-0.3, -0.25) is 0 Å². The third-order valence-electron chi connectivity index (χ3n) is 0.633. The highest BCUT2D eigenvalue weighted by Crippen LogP contribution is 2.13. The maximum Gasteiger partial charge on any atom is 0.507 e. The largest absolute Gasteiger partial charge is 0.507 e. The number of carboxylic acid groups (broad SMARTS) is 2. The van der Waals surface area contributed by atoms with E-state index in [1.165, 1.54) is 0 Å². The zero-order valence-electron chi connectivity index (χ0n) is 5.44. The maximum atomic E-state index is 9.83. The van der Waals surface area contributed by atoms with E-state index >= 15 is 0 Å². The summed E-state index contributed by atoms with van der Waals surface area (Å²) in [5.74, 6) is 0. The van der Waals surface area contributed by atoms with Crippen LogP contribution in [-0.2, 0) is 9.47 Å². The van der Waals surface area contributed by atoms with Crippen LogP contribution in [-0.4, -0.2) is 33.7 Å². The highest BCUT2D eigenvalue weighted by Gasteiger charge is 2.24. The highest BCUT2D eigenvalue weighted by atomic mass is 35.5. The molecule has 0 rings (SSSR count). The second-order valence-corrected chi connectivity index (χ2v) is 2.33. The van der Waals surface area contributed by atoms with Crippen LogP contribution in [0.1, 0.15) is 0 Å². The van der Waals surface area contributed by atoms with Crippen LogP contribution in [0.4, 0.5) is 9.59 Å². The average Bonchev–Trinajstić information content (AvgIpc) is 1.84. The van der Waals surface area contributed by atoms with Crippen LogP contribution in [0.15, 0.2) is 0 Å². The molecule has 0 radical (unpaired) electrons. The smallest absolute Gasteiger partial charge is 0.450 e. The minimum atomic E-state index is -1.67. The van der Waals surface area contributed by atoms with Gasteiger partial charge in [-0.1, -0.05) is 23.2 Å². The Labute approximate surface area is 76.6 Å². The molecule has 0 saturated carbocycles. The minimum absolute atomic E-state index is 1.57. The molecule has 0 amide bonds. The zero-order valence-corrected chi connectivity index (χ0v) is 6.95. The number of carbonyl (C=O) groups is 2. The van der Waals surface area contributed by atoms with Crippen LogP contribution in [0.2, 0.25) is 0 Å². The SMILES string of the molecule is O=C(O)OC(Cl)C(Cl)OC(=O)O. The molecule has 0 aliphatic carbocycles. The van der Waals surface area contributed by atoms with E-state index < -0.39 is 23.4 Å². The first kappa shape index (κ1) is 11.1. The Kier molecular flexibility index (Phi) is 4.53. The summed E-state index contributed by atoms with van der Waals surface area (Å²) in [5, 5.41) is 16.0. The fourth-order valence-electron chi connectivity index (χ4n) is 0.300. The Morgan fingerprint density at radius 2 is 1.25 bits per heavy atom. The molecule has 0 aromatic carbocycles. The predicted molar refractivity (Wildman–Crippen MR) is 37.5 cm³/mol. The van der Waals surface area contributed by atoms with Crippen LogP contribution in [0.3, 0.4) is 0 Å². The topological polar surface area (TPSA) is 93.1 Å². The van der Waals surface area contributed by atoms with Crippen molar-refractivity contribution in [3.63, 3.8) is 0 Å². The summed E-state index contributed by atoms with van der Waals surface area (Å²) in [5.41, 5.74) is -3.14. The third-order valence-corrected chi connectivity index (χ3v) is 1.40. The number of hydrogen-bond donors (Lipinski definition) is 2. The second-order valence-electron chi connectivity index (χ2n) is 1.47. The fraction of sp³-hybridized carbons (Fsp3) is 0.500. The average molecular weight is 219 g/mol. The monoisotopic (exact) mass is 218 g/mol. The van der Waals surface area contributed by atoms with Crippen LogP contribution in [0.5, 0.6) is 0 Å². The van der Waals surface area contributed by atoms with Crippen molar-refractivity contribution in [3.8, 4) is 0 Å². The van der Waals surface area contributed by atoms with Gasteiger partial charge in [0.1, 0.15) is 0 Å². The molecule has 0 aromatic rings. The maximum absolute atomic E-state index is 9.83. The van der Waals surface area contributed by atoms with E-state index in [0.717, 1.165) is 0 Å². The van der Waals surface area contributed by atoms with Crippen molar-refractivity contribution in [2.75, 3.05) is 0 Å². The highest BCUT2D eigenvalue weighted by molar-refractivity contribution is 6.29. The molecule has 6 nitrogen and oxygen atoms in total. The summed E-state index contributed by atoms with van der Waals surface area (Å²) in [6, 6.07) is 0. The van der Waals surface area contributed by atoms with E-state index in [0.29, 0.717) is 0 Å². The molecule has 8 heteroatoms. The number of halogens is 2. The van der Waals surface area contributed by atoms with Crippen LogP contribution < -0.4 is 0 Å². The molecule has 0 fully saturated rings. The molecule has 12 heavy (non-hydrogen) atoms. The Morgan fingerprint density at radius 1 is 1.00 bits per heavy atom. The first-order valence-electron chi connectivity index (χ1n) is 2.50. The van der Waals surface area contributed by atoms with Gasteiger partial charge < -0.3 is 19.7 Å². The minimum Gasteiger partial charge on any atom is -0.450 e. The van der Waals surface area contributed by atoms with E-state index in [-0.39, 0.29) is 0 Å². The molecule has 0 bridgehead atoms. The molecule has 2 atom stereocenters. The van der Waals surface area contributed by atoms with Crippen LogP contribution in [0.25, 0.3) is 0 Å². The molecule has 0 aliphatic heterocycles. The lowest BCUT2D eigenvalue weighted by Crippen LogP contribution is -2.25. The molecule has 0 aliphatic rings. The summed E-state index contributed by atoms with van der Waals surface area (Å²) < 4.78 is 7.75. The Balaban J connectivity index is 3.83. The number of rotatable bonds is 3. The number of hydrogen-bond acceptors (Lipinski definition) is 4. The summed E-state index contributed by atoms with van der Waals surface area (Å²) in [7, 11) is 0. The van der Waals surface area contributed by atoms with Crippen LogP contribution in [0, 0.1) is 0 Å². The van der Waals surface area contributed by atoms with Gasteiger partial charge in [-0.05, 0) is 0 Å². The Bertz CT molecular complexity index is 162. The van der Waals surface area contributed by atoms with Gasteiger partial charge in [-0.25, -0.2) is 9.59 Å². The van der Waals surface area contributed by atoms with Gasteiger partial charge in [0, 0.05) is 0 Å². The van der Waals surface area contributed by atoms with Gasteiger partial charge in [-0.2, -0.15) is 0 Å². The normalized spacial score (nSPS) is 14.5. The predicted octanol–water partition coefficient (Wildman–Crippen LogP) is 1.51. The molecule has 2 unspecified atom stereocenters. The molecule has 0 spiro atoms. The molecule has 0 saturated heterocycles. The standard InChI is InChI=1S/C4H4Cl2O6/c5-1(11-3(7)8)2(6)12-4(9)10/h1-2H,(H,7,8)(H,9,10). The Morgan fingerprint density at radius 3 is 1.42 bits per heavy atom. The van der Waals surface area contributed by atoms with Crippen molar-refractivity contribution in [1.29, 1.82) is 0 Å². The molecule has 70 valence electrons. The summed E-state index contributed by atoms with van der Waals surface area (Å²) >= 11 is 10.3. The molecule has 0 aromatic heterocycles. The van der Waals surface area contributed by atoms with Gasteiger partial charge in [0.05, 0.1) is 0 Å². The number of alkyl halides is 2. The van der Waals surface area contributed by atoms with E-state index in [9.17, 15) is 9.59 Å². The summed E-state index contributed by atoms with van der Waals surface area (Å²) in [6.07, 6.45) is -3.34. The van der Waals surface area contributed by atoms with E-state index in [4.69, 9.17) is 33.4 Å². The van der Waals surface area contributed by atoms with Gasteiger partial charge in [0.2, 0.25) is 11.1 Å². The van der Waals surface area contributed by atoms with Gasteiger partial charge in [-0.15, -0.1) is 0 Å². The first-order chi connectivity index (χ1) is 5.43. The second kappa shape index (κ2) is 4.89. The fourth-order valence-corrected chi connectivity index (χ4v) is 0.555. The van der Waals surface area contributed by atoms with Crippen molar-refractivity contribution in [1.82, 2.24) is 0 Å². The van der Waals surface area contributed by atoms with Crippen LogP contribution >= 0.6 is 23.2 Å². The molecule has 2 N–H and O–H groups in total. The lowest BCUT2D eigenvalue weighted by Gasteiger charge is -2.12. The quantitative estimate of drug-likeness (QED) is 0.551. The van der Waals surface area contributed by atoms with Crippen molar-refractivity contribution >= 4 is 35.5 Å². The third kappa shape index (κ3) is 4.86. The summed E-state index contributed by atoms with van der Waals surface area (Å²) in [6.45, 7) is 0. The van der Waals surface area contributed by atoms with Crippen molar-refractivity contribution in [2.45, 2.75) is 11.1 Å². The molecular formula is C4H4Cl2O6. The van der Waals surface area contributed by atoms with E-state index in [1.54, 1.807) is 0 Å². The van der Waals surface area contributed by atoms with Crippen molar-refractivity contribution in [3.05, 3.63) is 0 Å². The van der Waals surface area contributed by atoms with Crippen molar-refractivity contribution < 1.29 is 29.3 Å². The van der Waals surface area contributed by atoms with Crippen molar-refractivity contribution in [2.24, 2.45) is 0 Å². The Hall–Kier alpha value is -0.880. The van der Waals surface area contributed by atoms with Gasteiger partial charge in [0.25, 0.3) is 0 Å². The molecule has 0 heterocycles. The summed E-state index contributed by atoms with van der Waals surface area (Å²) in [4.78, 5) is 19.7. The van der Waals surface area contributed by atoms with Gasteiger partial charge >= 0.3 is 12.3 Å². The molecular weight excluding hydrogens is 215 g/mol.